The zero-order valence-corrected chi connectivity index (χ0v) is 10.2. The summed E-state index contributed by atoms with van der Waals surface area (Å²) in [6, 6.07) is 9.30. The van der Waals surface area contributed by atoms with E-state index in [-0.39, 0.29) is 0 Å². The van der Waals surface area contributed by atoms with Gasteiger partial charge >= 0.3 is 0 Å². The number of benzene rings is 1. The fourth-order valence-electron chi connectivity index (χ4n) is 2.74. The summed E-state index contributed by atoms with van der Waals surface area (Å²) in [6.45, 7) is 4.31. The first-order valence-electron chi connectivity index (χ1n) is 6.50. The summed E-state index contributed by atoms with van der Waals surface area (Å²) in [5, 5.41) is 7.94. The first-order valence-corrected chi connectivity index (χ1v) is 6.50. The summed E-state index contributed by atoms with van der Waals surface area (Å²) >= 11 is 0. The largest absolute Gasteiger partial charge is 0.316 e. The van der Waals surface area contributed by atoms with Crippen molar-refractivity contribution in [2.45, 2.75) is 25.8 Å². The van der Waals surface area contributed by atoms with Crippen LogP contribution >= 0.6 is 0 Å². The predicted molar refractivity (Wildman–Crippen MR) is 70.1 cm³/mol. The Bertz CT molecular complexity index is 422. The second kappa shape index (κ2) is 4.49. The number of nitrogens with zero attached hydrogens (tertiary/aromatic N) is 1. The van der Waals surface area contributed by atoms with Crippen molar-refractivity contribution < 1.29 is 0 Å². The zero-order chi connectivity index (χ0) is 11.7. The van der Waals surface area contributed by atoms with Crippen molar-refractivity contribution in [3.05, 3.63) is 35.4 Å². The molecule has 2 N–H and O–H groups in total. The van der Waals surface area contributed by atoms with Crippen LogP contribution in [0.2, 0.25) is 0 Å². The lowest BCUT2D eigenvalue weighted by Gasteiger charge is -2.25. The summed E-state index contributed by atoms with van der Waals surface area (Å²) < 4.78 is 0. The van der Waals surface area contributed by atoms with Gasteiger partial charge in [-0.1, -0.05) is 31.2 Å². The van der Waals surface area contributed by atoms with Crippen LogP contribution in [0.4, 0.5) is 0 Å². The van der Waals surface area contributed by atoms with E-state index in [1.807, 2.05) is 0 Å². The topological polar surface area (TPSA) is 36.4 Å². The third-order valence-corrected chi connectivity index (χ3v) is 3.85. The minimum Gasteiger partial charge on any atom is -0.316 e. The number of nitrogens with one attached hydrogen (secondary N) is 2. The maximum absolute atomic E-state index is 4.48. The van der Waals surface area contributed by atoms with Gasteiger partial charge in [-0.05, 0) is 17.5 Å². The highest BCUT2D eigenvalue weighted by Gasteiger charge is 2.33. The third kappa shape index (κ3) is 1.95. The van der Waals surface area contributed by atoms with E-state index in [1.54, 1.807) is 0 Å². The highest BCUT2D eigenvalue weighted by Crippen LogP contribution is 2.30. The molecule has 3 heteroatoms. The summed E-state index contributed by atoms with van der Waals surface area (Å²) in [6.07, 6.45) is 2.19. The fourth-order valence-corrected chi connectivity index (χ4v) is 2.74. The molecule has 0 saturated carbocycles. The summed E-state index contributed by atoms with van der Waals surface area (Å²) in [5.74, 6) is 0.538. The van der Waals surface area contributed by atoms with Crippen molar-refractivity contribution in [3.8, 4) is 0 Å². The van der Waals surface area contributed by atoms with Crippen molar-refractivity contribution in [2.24, 2.45) is 11.0 Å². The average molecular weight is 229 g/mol. The quantitative estimate of drug-likeness (QED) is 0.812. The Kier molecular flexibility index (Phi) is 2.85. The van der Waals surface area contributed by atoms with Crippen LogP contribution in [-0.4, -0.2) is 18.8 Å². The van der Waals surface area contributed by atoms with Gasteiger partial charge in [0.05, 0.1) is 6.04 Å². The molecule has 1 fully saturated rings. The fraction of sp³-hybridized carbons (Fsp3) is 0.500. The van der Waals surface area contributed by atoms with Gasteiger partial charge < -0.3 is 10.7 Å². The lowest BCUT2D eigenvalue weighted by molar-refractivity contribution is 0.450. The van der Waals surface area contributed by atoms with Crippen LogP contribution in [0, 0.1) is 5.92 Å². The van der Waals surface area contributed by atoms with Crippen molar-refractivity contribution in [1.29, 1.82) is 0 Å². The Hall–Kier alpha value is -1.35. The molecule has 17 heavy (non-hydrogen) atoms. The number of fused-ring (bicyclic) bond motifs is 1. The molecular weight excluding hydrogens is 210 g/mol. The molecule has 0 amide bonds. The Morgan fingerprint density at radius 1 is 1.29 bits per heavy atom. The van der Waals surface area contributed by atoms with Crippen molar-refractivity contribution >= 4 is 5.71 Å². The van der Waals surface area contributed by atoms with Gasteiger partial charge in [0.25, 0.3) is 0 Å². The molecule has 3 nitrogen and oxygen atoms in total. The highest BCUT2D eigenvalue weighted by atomic mass is 15.3. The number of hydrogen-bond acceptors (Lipinski definition) is 3. The van der Waals surface area contributed by atoms with Gasteiger partial charge in [0.1, 0.15) is 0 Å². The van der Waals surface area contributed by atoms with E-state index in [1.165, 1.54) is 16.8 Å². The molecule has 0 aliphatic carbocycles. The Morgan fingerprint density at radius 3 is 2.88 bits per heavy atom. The molecule has 90 valence electrons. The van der Waals surface area contributed by atoms with E-state index in [0.717, 1.165) is 25.9 Å². The molecule has 2 heterocycles. The Labute approximate surface area is 102 Å². The van der Waals surface area contributed by atoms with Gasteiger partial charge in [0, 0.05) is 31.1 Å². The van der Waals surface area contributed by atoms with Gasteiger partial charge in [-0.15, -0.1) is 0 Å². The van der Waals surface area contributed by atoms with E-state index in [2.05, 4.69) is 47.0 Å². The smallest absolute Gasteiger partial charge is 0.0782 e. The second-order valence-corrected chi connectivity index (χ2v) is 4.87. The van der Waals surface area contributed by atoms with Crippen LogP contribution in [-0.2, 0) is 6.42 Å². The molecule has 2 atom stereocenters. The normalized spacial score (nSPS) is 27.2. The van der Waals surface area contributed by atoms with E-state index in [0.29, 0.717) is 12.0 Å². The summed E-state index contributed by atoms with van der Waals surface area (Å²) in [4.78, 5) is 0. The third-order valence-electron chi connectivity index (χ3n) is 3.85. The molecule has 0 bridgehead atoms. The summed E-state index contributed by atoms with van der Waals surface area (Å²) in [7, 11) is 0. The van der Waals surface area contributed by atoms with Gasteiger partial charge in [-0.3, -0.25) is 0 Å². The molecule has 1 aromatic rings. The van der Waals surface area contributed by atoms with E-state index in [4.69, 9.17) is 0 Å². The SMILES string of the molecule is CCc1ccc(C2NN=C3CCNCC32)cc1. The average Bonchev–Trinajstić information content (AvgIpc) is 2.83. The molecule has 2 unspecified atom stereocenters. The van der Waals surface area contributed by atoms with Crippen molar-refractivity contribution in [1.82, 2.24) is 10.7 Å². The number of hydrogen-bond donors (Lipinski definition) is 2. The van der Waals surface area contributed by atoms with Gasteiger partial charge in [0.2, 0.25) is 0 Å². The van der Waals surface area contributed by atoms with Crippen LogP contribution in [0.3, 0.4) is 0 Å². The van der Waals surface area contributed by atoms with Gasteiger partial charge in [-0.25, -0.2) is 0 Å². The minimum absolute atomic E-state index is 0.365. The van der Waals surface area contributed by atoms with Crippen LogP contribution in [0.5, 0.6) is 0 Å². The highest BCUT2D eigenvalue weighted by molar-refractivity contribution is 5.89. The standard InChI is InChI=1S/C14H19N3/c1-2-10-3-5-11(6-4-10)14-12-9-15-8-7-13(12)16-17-14/h3-6,12,14-15,17H,2,7-9H2,1H3. The Balaban J connectivity index is 1.80. The first kappa shape index (κ1) is 10.8. The van der Waals surface area contributed by atoms with Crippen molar-refractivity contribution in [3.63, 3.8) is 0 Å². The molecule has 3 rings (SSSR count). The van der Waals surface area contributed by atoms with E-state index in [9.17, 15) is 0 Å². The van der Waals surface area contributed by atoms with E-state index >= 15 is 0 Å². The van der Waals surface area contributed by atoms with Gasteiger partial charge in [0.15, 0.2) is 0 Å². The minimum atomic E-state index is 0.365. The van der Waals surface area contributed by atoms with Crippen molar-refractivity contribution in [2.75, 3.05) is 13.1 Å². The summed E-state index contributed by atoms with van der Waals surface area (Å²) in [5.41, 5.74) is 7.40. The van der Waals surface area contributed by atoms with Crippen LogP contribution in [0.25, 0.3) is 0 Å². The molecule has 0 radical (unpaired) electrons. The molecule has 0 spiro atoms. The van der Waals surface area contributed by atoms with Crippen LogP contribution in [0.1, 0.15) is 30.5 Å². The van der Waals surface area contributed by atoms with Gasteiger partial charge in [-0.2, -0.15) is 5.10 Å². The lowest BCUT2D eigenvalue weighted by Crippen LogP contribution is -2.38. The monoisotopic (exact) mass is 229 g/mol. The molecular formula is C14H19N3. The first-order chi connectivity index (χ1) is 8.38. The number of piperidine rings is 1. The van der Waals surface area contributed by atoms with E-state index < -0.39 is 0 Å². The molecule has 1 saturated heterocycles. The lowest BCUT2D eigenvalue weighted by atomic mass is 9.87. The number of rotatable bonds is 2. The molecule has 0 aromatic heterocycles. The predicted octanol–water partition coefficient (Wildman–Crippen LogP) is 1.86. The zero-order valence-electron chi connectivity index (χ0n) is 10.2. The number of aryl methyl sites for hydroxylation is 1. The molecule has 2 aliphatic heterocycles. The second-order valence-electron chi connectivity index (χ2n) is 4.87. The maximum atomic E-state index is 4.48. The van der Waals surface area contributed by atoms with Crippen LogP contribution in [0.15, 0.2) is 29.4 Å². The number of hydrazone groups is 1. The Morgan fingerprint density at radius 2 is 2.12 bits per heavy atom. The van der Waals surface area contributed by atoms with Crippen LogP contribution < -0.4 is 10.7 Å². The molecule has 1 aromatic carbocycles. The molecule has 2 aliphatic rings. The maximum Gasteiger partial charge on any atom is 0.0782 e.